The standard InChI is InChI=1S/C26H52N2O2S2/c1-7-9-11-13-15-17-19-27(31-21-23(3)4)25(29)26(30)28(32-22-24(5)6)20-18-16-14-12-10-8-2/h23-24H,7-22H2,1-6H3. The van der Waals surface area contributed by atoms with Gasteiger partial charge in [0, 0.05) is 24.6 Å². The Morgan fingerprint density at radius 2 is 0.875 bits per heavy atom. The van der Waals surface area contributed by atoms with E-state index in [1.165, 1.54) is 51.4 Å². The van der Waals surface area contributed by atoms with Crippen LogP contribution in [-0.2, 0) is 9.59 Å². The monoisotopic (exact) mass is 488 g/mol. The van der Waals surface area contributed by atoms with Crippen LogP contribution in [0.4, 0.5) is 0 Å². The minimum atomic E-state index is -0.327. The largest absolute Gasteiger partial charge is 0.322 e. The van der Waals surface area contributed by atoms with Gasteiger partial charge in [-0.3, -0.25) is 18.2 Å². The SMILES string of the molecule is CCCCCCCCN(SCC(C)C)C(=O)C(=O)N(CCCCCCCC)SCC(C)C. The summed E-state index contributed by atoms with van der Waals surface area (Å²) >= 11 is 3.08. The second-order valence-corrected chi connectivity index (χ2v) is 11.8. The molecule has 190 valence electrons. The van der Waals surface area contributed by atoms with Crippen molar-refractivity contribution in [3.8, 4) is 0 Å². The van der Waals surface area contributed by atoms with E-state index in [0.29, 0.717) is 24.9 Å². The molecule has 0 saturated carbocycles. The van der Waals surface area contributed by atoms with Crippen LogP contribution >= 0.6 is 23.9 Å². The van der Waals surface area contributed by atoms with Crippen LogP contribution in [0.5, 0.6) is 0 Å². The Bertz CT molecular complexity index is 431. The van der Waals surface area contributed by atoms with Crippen LogP contribution < -0.4 is 0 Å². The lowest BCUT2D eigenvalue weighted by atomic mass is 10.1. The van der Waals surface area contributed by atoms with Crippen molar-refractivity contribution in [1.29, 1.82) is 0 Å². The van der Waals surface area contributed by atoms with Gasteiger partial charge in [0.2, 0.25) is 0 Å². The smallest absolute Gasteiger partial charge is 0.278 e. The van der Waals surface area contributed by atoms with Crippen LogP contribution in [0.3, 0.4) is 0 Å². The first kappa shape index (κ1) is 31.6. The molecule has 0 fully saturated rings. The van der Waals surface area contributed by atoms with Crippen molar-refractivity contribution >= 4 is 35.7 Å². The van der Waals surface area contributed by atoms with E-state index >= 15 is 0 Å². The van der Waals surface area contributed by atoms with E-state index in [1.807, 2.05) is 0 Å². The molecular weight excluding hydrogens is 436 g/mol. The van der Waals surface area contributed by atoms with Gasteiger partial charge in [0.05, 0.1) is 0 Å². The Morgan fingerprint density at radius 3 is 1.19 bits per heavy atom. The van der Waals surface area contributed by atoms with E-state index in [-0.39, 0.29) is 11.8 Å². The van der Waals surface area contributed by atoms with E-state index in [0.717, 1.165) is 37.2 Å². The highest BCUT2D eigenvalue weighted by molar-refractivity contribution is 7.98. The summed E-state index contributed by atoms with van der Waals surface area (Å²) in [5.74, 6) is 2.06. The third-order valence-corrected chi connectivity index (χ3v) is 8.14. The van der Waals surface area contributed by atoms with Gasteiger partial charge in [0.1, 0.15) is 0 Å². The zero-order valence-corrected chi connectivity index (χ0v) is 23.6. The number of nitrogens with zero attached hydrogens (tertiary/aromatic N) is 2. The van der Waals surface area contributed by atoms with Gasteiger partial charge in [-0.25, -0.2) is 0 Å². The van der Waals surface area contributed by atoms with Crippen LogP contribution in [0, 0.1) is 11.8 Å². The first-order valence-corrected chi connectivity index (χ1v) is 15.1. The molecular formula is C26H52N2O2S2. The Hall–Kier alpha value is -0.360. The summed E-state index contributed by atoms with van der Waals surface area (Å²) in [6, 6.07) is 0. The molecule has 0 N–H and O–H groups in total. The molecule has 0 heterocycles. The molecule has 0 aliphatic heterocycles. The molecule has 0 aliphatic rings. The molecule has 0 atom stereocenters. The van der Waals surface area contributed by atoms with Gasteiger partial charge in [0.25, 0.3) is 0 Å². The fourth-order valence-corrected chi connectivity index (χ4v) is 5.08. The highest BCUT2D eigenvalue weighted by Gasteiger charge is 2.28. The second kappa shape index (κ2) is 21.2. The molecule has 32 heavy (non-hydrogen) atoms. The number of amides is 2. The molecule has 0 aliphatic carbocycles. The lowest BCUT2D eigenvalue weighted by molar-refractivity contribution is -0.145. The second-order valence-electron chi connectivity index (χ2n) is 9.73. The maximum absolute atomic E-state index is 13.2. The minimum Gasteiger partial charge on any atom is -0.278 e. The van der Waals surface area contributed by atoms with Gasteiger partial charge in [0.15, 0.2) is 0 Å². The van der Waals surface area contributed by atoms with Gasteiger partial charge in [-0.05, 0) is 48.6 Å². The third-order valence-electron chi connectivity index (χ3n) is 5.19. The molecule has 0 unspecified atom stereocenters. The van der Waals surface area contributed by atoms with E-state index in [9.17, 15) is 9.59 Å². The summed E-state index contributed by atoms with van der Waals surface area (Å²) in [6.45, 7) is 14.4. The maximum Gasteiger partial charge on any atom is 0.322 e. The summed E-state index contributed by atoms with van der Waals surface area (Å²) in [4.78, 5) is 26.4. The molecule has 0 rings (SSSR count). The number of hydrogen-bond donors (Lipinski definition) is 0. The van der Waals surface area contributed by atoms with Crippen molar-refractivity contribution in [2.75, 3.05) is 24.6 Å². The number of hydrogen-bond acceptors (Lipinski definition) is 4. The Kier molecular flexibility index (Phi) is 21.0. The molecule has 0 saturated heterocycles. The zero-order valence-electron chi connectivity index (χ0n) is 22.0. The number of carbonyl (C=O) groups is 2. The normalized spacial score (nSPS) is 11.4. The first-order valence-electron chi connectivity index (χ1n) is 13.2. The van der Waals surface area contributed by atoms with E-state index in [2.05, 4.69) is 41.5 Å². The van der Waals surface area contributed by atoms with Crippen LogP contribution in [0.2, 0.25) is 0 Å². The third kappa shape index (κ3) is 17.2. The molecule has 0 aromatic heterocycles. The van der Waals surface area contributed by atoms with Gasteiger partial charge < -0.3 is 0 Å². The van der Waals surface area contributed by atoms with E-state index in [1.54, 1.807) is 32.5 Å². The van der Waals surface area contributed by atoms with Gasteiger partial charge >= 0.3 is 11.8 Å². The Labute approximate surface area is 208 Å². The fraction of sp³-hybridized carbons (Fsp3) is 0.923. The summed E-state index contributed by atoms with van der Waals surface area (Å²) in [5, 5.41) is 0. The fourth-order valence-electron chi connectivity index (χ4n) is 3.21. The van der Waals surface area contributed by atoms with Crippen LogP contribution in [0.1, 0.15) is 119 Å². The van der Waals surface area contributed by atoms with E-state index < -0.39 is 0 Å². The average molecular weight is 489 g/mol. The van der Waals surface area contributed by atoms with Crippen molar-refractivity contribution in [2.45, 2.75) is 119 Å². The van der Waals surface area contributed by atoms with E-state index in [4.69, 9.17) is 0 Å². The summed E-state index contributed by atoms with van der Waals surface area (Å²) < 4.78 is 3.51. The summed E-state index contributed by atoms with van der Waals surface area (Å²) in [7, 11) is 0. The quantitative estimate of drug-likeness (QED) is 0.0989. The molecule has 4 nitrogen and oxygen atoms in total. The first-order chi connectivity index (χ1) is 15.3. The van der Waals surface area contributed by atoms with Crippen molar-refractivity contribution < 1.29 is 9.59 Å². The maximum atomic E-state index is 13.2. The highest BCUT2D eigenvalue weighted by atomic mass is 32.2. The van der Waals surface area contributed by atoms with Crippen molar-refractivity contribution in [3.63, 3.8) is 0 Å². The minimum absolute atomic E-state index is 0.327. The molecule has 0 aromatic rings. The zero-order chi connectivity index (χ0) is 24.2. The predicted molar refractivity (Wildman–Crippen MR) is 145 cm³/mol. The average Bonchev–Trinajstić information content (AvgIpc) is 2.75. The molecule has 0 radical (unpaired) electrons. The topological polar surface area (TPSA) is 40.6 Å². The van der Waals surface area contributed by atoms with Gasteiger partial charge in [-0.1, -0.05) is 106 Å². The number of rotatable bonds is 20. The predicted octanol–water partition coefficient (Wildman–Crippen LogP) is 7.97. The Balaban J connectivity index is 4.87. The number of unbranched alkanes of at least 4 members (excludes halogenated alkanes) is 10. The van der Waals surface area contributed by atoms with Gasteiger partial charge in [-0.2, -0.15) is 0 Å². The Morgan fingerprint density at radius 1 is 0.562 bits per heavy atom. The van der Waals surface area contributed by atoms with Crippen LogP contribution in [0.15, 0.2) is 0 Å². The van der Waals surface area contributed by atoms with Crippen molar-refractivity contribution in [2.24, 2.45) is 11.8 Å². The van der Waals surface area contributed by atoms with Crippen LogP contribution in [-0.4, -0.2) is 45.0 Å². The molecule has 0 spiro atoms. The molecule has 2 amide bonds. The summed E-state index contributed by atoms with van der Waals surface area (Å²) in [6.07, 6.45) is 14.2. The number of carbonyl (C=O) groups excluding carboxylic acids is 2. The summed E-state index contributed by atoms with van der Waals surface area (Å²) in [5.41, 5.74) is 0. The molecule has 6 heteroatoms. The highest BCUT2D eigenvalue weighted by Crippen LogP contribution is 2.21. The van der Waals surface area contributed by atoms with Crippen molar-refractivity contribution in [3.05, 3.63) is 0 Å². The lowest BCUT2D eigenvalue weighted by Crippen LogP contribution is -2.41. The van der Waals surface area contributed by atoms with Gasteiger partial charge in [-0.15, -0.1) is 0 Å². The van der Waals surface area contributed by atoms with Crippen molar-refractivity contribution in [1.82, 2.24) is 8.61 Å². The lowest BCUT2D eigenvalue weighted by Gasteiger charge is -2.26. The molecule has 0 bridgehead atoms. The molecule has 0 aromatic carbocycles. The van der Waals surface area contributed by atoms with Crippen LogP contribution in [0.25, 0.3) is 0 Å².